The number of hydrogen-bond acceptors (Lipinski definition) is 2. The summed E-state index contributed by atoms with van der Waals surface area (Å²) in [6.45, 7) is 4.34. The molecule has 4 rings (SSSR count). The lowest BCUT2D eigenvalue weighted by molar-refractivity contribution is -0.173. The second-order valence-electron chi connectivity index (χ2n) is 7.34. The van der Waals surface area contributed by atoms with Gasteiger partial charge in [-0.05, 0) is 63.2 Å². The highest BCUT2D eigenvalue weighted by molar-refractivity contribution is 5.14. The van der Waals surface area contributed by atoms with Crippen LogP contribution >= 0.6 is 0 Å². The molecule has 4 aliphatic carbocycles. The van der Waals surface area contributed by atoms with E-state index in [4.69, 9.17) is 4.74 Å². The van der Waals surface area contributed by atoms with Crippen LogP contribution in [0.5, 0.6) is 0 Å². The zero-order valence-corrected chi connectivity index (χ0v) is 11.7. The van der Waals surface area contributed by atoms with Crippen molar-refractivity contribution >= 4 is 0 Å². The first-order valence-corrected chi connectivity index (χ1v) is 8.14. The molecule has 2 heteroatoms. The summed E-state index contributed by atoms with van der Waals surface area (Å²) >= 11 is 0. The maximum atomic E-state index is 5.93. The highest BCUT2D eigenvalue weighted by Gasteiger charge is 2.60. The molecule has 2 atom stereocenters. The highest BCUT2D eigenvalue weighted by atomic mass is 16.5. The summed E-state index contributed by atoms with van der Waals surface area (Å²) < 4.78 is 5.93. The van der Waals surface area contributed by atoms with Gasteiger partial charge in [-0.15, -0.1) is 0 Å². The third kappa shape index (κ3) is 1.61. The van der Waals surface area contributed by atoms with Gasteiger partial charge in [0.15, 0.2) is 0 Å². The minimum atomic E-state index is 0.551. The van der Waals surface area contributed by atoms with Gasteiger partial charge in [0, 0.05) is 24.6 Å². The normalized spacial score (nSPS) is 39.2. The third-order valence-electron chi connectivity index (χ3n) is 6.47. The molecule has 0 saturated heterocycles. The van der Waals surface area contributed by atoms with Crippen LogP contribution in [0.3, 0.4) is 0 Å². The number of nitrogens with one attached hydrogen (secondary N) is 1. The van der Waals surface area contributed by atoms with Crippen LogP contribution in [0.15, 0.2) is 0 Å². The zero-order valence-electron chi connectivity index (χ0n) is 11.7. The lowest BCUT2D eigenvalue weighted by atomic mass is 9.51. The molecule has 1 N–H and O–H groups in total. The Balaban J connectivity index is 1.33. The summed E-state index contributed by atoms with van der Waals surface area (Å²) in [5.41, 5.74) is 1.30. The van der Waals surface area contributed by atoms with Gasteiger partial charge in [0.05, 0.1) is 6.10 Å². The number of rotatable bonds is 6. The van der Waals surface area contributed by atoms with E-state index in [2.05, 4.69) is 12.2 Å². The monoisotopic (exact) mass is 249 g/mol. The van der Waals surface area contributed by atoms with Crippen molar-refractivity contribution in [3.63, 3.8) is 0 Å². The molecule has 18 heavy (non-hydrogen) atoms. The van der Waals surface area contributed by atoms with E-state index >= 15 is 0 Å². The molecule has 0 heterocycles. The predicted octanol–water partition coefficient (Wildman–Crippen LogP) is 3.11. The standard InChI is InChI=1S/C16H27NO/c1-2-18-14-10-13(16(14)6-3-7-16)17-11-15(8-9-15)12-4-5-12/h12-14,17H,2-11H2,1H3. The smallest absolute Gasteiger partial charge is 0.0661 e. The molecule has 0 radical (unpaired) electrons. The van der Waals surface area contributed by atoms with E-state index in [9.17, 15) is 0 Å². The summed E-state index contributed by atoms with van der Waals surface area (Å²) in [6, 6.07) is 0.777. The summed E-state index contributed by atoms with van der Waals surface area (Å²) in [7, 11) is 0. The van der Waals surface area contributed by atoms with Gasteiger partial charge in [0.25, 0.3) is 0 Å². The van der Waals surface area contributed by atoms with Crippen molar-refractivity contribution in [3.8, 4) is 0 Å². The van der Waals surface area contributed by atoms with E-state index in [1.54, 1.807) is 0 Å². The van der Waals surface area contributed by atoms with Crippen LogP contribution in [0.25, 0.3) is 0 Å². The quantitative estimate of drug-likeness (QED) is 0.781. The van der Waals surface area contributed by atoms with Crippen molar-refractivity contribution in [1.29, 1.82) is 0 Å². The van der Waals surface area contributed by atoms with E-state index in [-0.39, 0.29) is 0 Å². The van der Waals surface area contributed by atoms with Gasteiger partial charge in [-0.2, -0.15) is 0 Å². The average molecular weight is 249 g/mol. The molecule has 0 amide bonds. The Morgan fingerprint density at radius 2 is 1.94 bits per heavy atom. The maximum absolute atomic E-state index is 5.93. The Bertz CT molecular complexity index is 328. The van der Waals surface area contributed by atoms with Crippen molar-refractivity contribution in [3.05, 3.63) is 0 Å². The molecule has 4 fully saturated rings. The first-order chi connectivity index (χ1) is 8.79. The molecule has 4 saturated carbocycles. The molecule has 0 aromatic heterocycles. The van der Waals surface area contributed by atoms with Gasteiger partial charge >= 0.3 is 0 Å². The topological polar surface area (TPSA) is 21.3 Å². The molecule has 0 aliphatic heterocycles. The molecule has 2 nitrogen and oxygen atoms in total. The summed E-state index contributed by atoms with van der Waals surface area (Å²) in [5.74, 6) is 1.09. The minimum absolute atomic E-state index is 0.551. The summed E-state index contributed by atoms with van der Waals surface area (Å²) in [4.78, 5) is 0. The van der Waals surface area contributed by atoms with Gasteiger partial charge < -0.3 is 10.1 Å². The van der Waals surface area contributed by atoms with Crippen LogP contribution in [-0.4, -0.2) is 25.3 Å². The van der Waals surface area contributed by atoms with Crippen molar-refractivity contribution in [1.82, 2.24) is 5.32 Å². The summed E-state index contributed by atoms with van der Waals surface area (Å²) in [5, 5.41) is 3.94. The zero-order chi connectivity index (χ0) is 12.2. The van der Waals surface area contributed by atoms with E-state index in [1.807, 2.05) is 0 Å². The Hall–Kier alpha value is -0.0800. The first kappa shape index (κ1) is 11.7. The fourth-order valence-corrected chi connectivity index (χ4v) is 4.64. The summed E-state index contributed by atoms with van der Waals surface area (Å²) in [6.07, 6.45) is 12.1. The number of ether oxygens (including phenoxy) is 1. The molecule has 0 aromatic carbocycles. The van der Waals surface area contributed by atoms with Crippen molar-refractivity contribution in [2.75, 3.05) is 13.2 Å². The van der Waals surface area contributed by atoms with Crippen LogP contribution in [0.4, 0.5) is 0 Å². The average Bonchev–Trinajstić information content (AvgIpc) is 3.12. The van der Waals surface area contributed by atoms with Crippen LogP contribution in [0.2, 0.25) is 0 Å². The van der Waals surface area contributed by atoms with E-state index in [0.29, 0.717) is 11.5 Å². The molecule has 0 bridgehead atoms. The van der Waals surface area contributed by atoms with Crippen molar-refractivity contribution < 1.29 is 4.74 Å². The van der Waals surface area contributed by atoms with Crippen molar-refractivity contribution in [2.24, 2.45) is 16.7 Å². The fraction of sp³-hybridized carbons (Fsp3) is 1.00. The van der Waals surface area contributed by atoms with E-state index in [1.165, 1.54) is 57.9 Å². The van der Waals surface area contributed by atoms with E-state index < -0.39 is 0 Å². The minimum Gasteiger partial charge on any atom is -0.378 e. The van der Waals surface area contributed by atoms with Crippen LogP contribution in [0, 0.1) is 16.7 Å². The number of hydrogen-bond donors (Lipinski definition) is 1. The molecule has 2 unspecified atom stereocenters. The van der Waals surface area contributed by atoms with Gasteiger partial charge in [0.2, 0.25) is 0 Å². The molecule has 0 aromatic rings. The molecule has 4 aliphatic rings. The molecule has 1 spiro atoms. The van der Waals surface area contributed by atoms with Gasteiger partial charge in [-0.25, -0.2) is 0 Å². The first-order valence-electron chi connectivity index (χ1n) is 8.14. The Morgan fingerprint density at radius 3 is 2.44 bits per heavy atom. The van der Waals surface area contributed by atoms with Gasteiger partial charge in [-0.3, -0.25) is 0 Å². The fourth-order valence-electron chi connectivity index (χ4n) is 4.64. The van der Waals surface area contributed by atoms with Crippen LogP contribution in [-0.2, 0) is 4.74 Å². The Kier molecular flexibility index (Phi) is 2.58. The van der Waals surface area contributed by atoms with Crippen LogP contribution < -0.4 is 5.32 Å². The molecular formula is C16H27NO. The predicted molar refractivity (Wildman–Crippen MR) is 72.5 cm³/mol. The van der Waals surface area contributed by atoms with Gasteiger partial charge in [0.1, 0.15) is 0 Å². The molecule has 102 valence electrons. The SMILES string of the molecule is CCOC1CC(NCC2(C3CC3)CC2)C12CCC2. The lowest BCUT2D eigenvalue weighted by Crippen LogP contribution is -2.67. The second kappa shape index (κ2) is 3.96. The second-order valence-corrected chi connectivity index (χ2v) is 7.34. The van der Waals surface area contributed by atoms with Crippen molar-refractivity contribution in [2.45, 2.75) is 70.4 Å². The van der Waals surface area contributed by atoms with Crippen LogP contribution in [0.1, 0.15) is 58.3 Å². The third-order valence-corrected chi connectivity index (χ3v) is 6.47. The Labute approximate surface area is 111 Å². The lowest BCUT2D eigenvalue weighted by Gasteiger charge is -2.61. The Morgan fingerprint density at radius 1 is 1.17 bits per heavy atom. The highest BCUT2D eigenvalue weighted by Crippen LogP contribution is 2.62. The van der Waals surface area contributed by atoms with Gasteiger partial charge in [-0.1, -0.05) is 6.42 Å². The molecular weight excluding hydrogens is 222 g/mol. The van der Waals surface area contributed by atoms with E-state index in [0.717, 1.165) is 24.0 Å². The largest absolute Gasteiger partial charge is 0.378 e. The maximum Gasteiger partial charge on any atom is 0.0661 e.